The Balaban J connectivity index is 2.86. The van der Waals surface area contributed by atoms with Crippen LogP contribution in [0.3, 0.4) is 0 Å². The molecule has 0 nitrogen and oxygen atoms in total. The SMILES string of the molecule is Cc1cccc(SC(C)(C)C(C)C(C)(C)C)c1. The van der Waals surface area contributed by atoms with Crippen molar-refractivity contribution in [2.75, 3.05) is 0 Å². The molecule has 96 valence electrons. The lowest BCUT2D eigenvalue weighted by molar-refractivity contribution is 0.219. The fourth-order valence-corrected chi connectivity index (χ4v) is 3.64. The van der Waals surface area contributed by atoms with Gasteiger partial charge in [-0.3, -0.25) is 0 Å². The van der Waals surface area contributed by atoms with E-state index in [-0.39, 0.29) is 4.75 Å². The highest BCUT2D eigenvalue weighted by Gasteiger charge is 2.35. The Kier molecular flexibility index (Phi) is 4.35. The van der Waals surface area contributed by atoms with Crippen molar-refractivity contribution in [3.63, 3.8) is 0 Å². The average Bonchev–Trinajstić information content (AvgIpc) is 2.14. The van der Waals surface area contributed by atoms with Gasteiger partial charge in [0.25, 0.3) is 0 Å². The second kappa shape index (κ2) is 5.06. The lowest BCUT2D eigenvalue weighted by Crippen LogP contribution is -2.35. The molecule has 0 N–H and O–H groups in total. The Morgan fingerprint density at radius 3 is 2.12 bits per heavy atom. The average molecular weight is 250 g/mol. The summed E-state index contributed by atoms with van der Waals surface area (Å²) in [4.78, 5) is 1.38. The van der Waals surface area contributed by atoms with Gasteiger partial charge in [-0.2, -0.15) is 0 Å². The number of benzene rings is 1. The van der Waals surface area contributed by atoms with E-state index in [1.165, 1.54) is 10.5 Å². The van der Waals surface area contributed by atoms with E-state index in [0.29, 0.717) is 11.3 Å². The Bertz CT molecular complexity index is 371. The zero-order valence-electron chi connectivity index (χ0n) is 12.3. The van der Waals surface area contributed by atoms with Gasteiger partial charge in [0.05, 0.1) is 0 Å². The van der Waals surface area contributed by atoms with E-state index in [1.807, 2.05) is 11.8 Å². The summed E-state index contributed by atoms with van der Waals surface area (Å²) in [5.41, 5.74) is 1.69. The van der Waals surface area contributed by atoms with Crippen molar-refractivity contribution in [3.05, 3.63) is 29.8 Å². The van der Waals surface area contributed by atoms with Crippen molar-refractivity contribution in [2.45, 2.75) is 58.1 Å². The number of thioether (sulfide) groups is 1. The molecule has 0 aliphatic heterocycles. The van der Waals surface area contributed by atoms with E-state index in [4.69, 9.17) is 0 Å². The first-order valence-corrected chi connectivity index (χ1v) is 7.20. The fourth-order valence-electron chi connectivity index (χ4n) is 2.11. The normalized spacial score (nSPS) is 14.8. The van der Waals surface area contributed by atoms with E-state index in [2.05, 4.69) is 72.7 Å². The molecule has 0 amide bonds. The molecule has 1 heteroatoms. The van der Waals surface area contributed by atoms with Gasteiger partial charge in [-0.25, -0.2) is 0 Å². The Hall–Kier alpha value is -0.430. The number of hydrogen-bond acceptors (Lipinski definition) is 1. The molecule has 1 unspecified atom stereocenters. The second-order valence-corrected chi connectivity index (χ2v) is 8.34. The van der Waals surface area contributed by atoms with Gasteiger partial charge in [0.2, 0.25) is 0 Å². The quantitative estimate of drug-likeness (QED) is 0.634. The van der Waals surface area contributed by atoms with Crippen molar-refractivity contribution in [1.82, 2.24) is 0 Å². The van der Waals surface area contributed by atoms with Crippen LogP contribution in [0.2, 0.25) is 0 Å². The van der Waals surface area contributed by atoms with Crippen LogP contribution >= 0.6 is 11.8 Å². The third-order valence-corrected chi connectivity index (χ3v) is 5.08. The van der Waals surface area contributed by atoms with Gasteiger partial charge in [0.1, 0.15) is 0 Å². The predicted octanol–water partition coefficient (Wildman–Crippen LogP) is 5.55. The highest BCUT2D eigenvalue weighted by Crippen LogP contribution is 2.45. The summed E-state index contributed by atoms with van der Waals surface area (Å²) < 4.78 is 0.256. The summed E-state index contributed by atoms with van der Waals surface area (Å²) in [7, 11) is 0. The monoisotopic (exact) mass is 250 g/mol. The molecule has 0 aromatic heterocycles. The van der Waals surface area contributed by atoms with Gasteiger partial charge in [-0.05, 0) is 30.4 Å². The minimum Gasteiger partial charge on any atom is -0.120 e. The van der Waals surface area contributed by atoms with Crippen LogP contribution in [0.1, 0.15) is 47.1 Å². The second-order valence-electron chi connectivity index (χ2n) is 6.61. The number of rotatable bonds is 3. The van der Waals surface area contributed by atoms with Crippen LogP contribution < -0.4 is 0 Å². The maximum atomic E-state index is 2.36. The van der Waals surface area contributed by atoms with E-state index in [9.17, 15) is 0 Å². The van der Waals surface area contributed by atoms with Crippen molar-refractivity contribution in [2.24, 2.45) is 11.3 Å². The largest absolute Gasteiger partial charge is 0.120 e. The van der Waals surface area contributed by atoms with Crippen LogP contribution in [0.15, 0.2) is 29.2 Å². The molecule has 0 fully saturated rings. The van der Waals surface area contributed by atoms with Gasteiger partial charge in [0.15, 0.2) is 0 Å². The lowest BCUT2D eigenvalue weighted by Gasteiger charge is -2.40. The minimum atomic E-state index is 0.256. The Morgan fingerprint density at radius 1 is 1.06 bits per heavy atom. The maximum Gasteiger partial charge on any atom is 0.0181 e. The summed E-state index contributed by atoms with van der Waals surface area (Å²) in [5, 5.41) is 0. The van der Waals surface area contributed by atoms with Gasteiger partial charge < -0.3 is 0 Å². The number of hydrogen-bond donors (Lipinski definition) is 0. The lowest BCUT2D eigenvalue weighted by atomic mass is 9.75. The van der Waals surface area contributed by atoms with Crippen molar-refractivity contribution < 1.29 is 0 Å². The van der Waals surface area contributed by atoms with E-state index in [0.717, 1.165) is 0 Å². The molecule has 0 spiro atoms. The minimum absolute atomic E-state index is 0.256. The molecule has 0 heterocycles. The van der Waals surface area contributed by atoms with Crippen LogP contribution in [-0.4, -0.2) is 4.75 Å². The molecule has 0 aliphatic carbocycles. The maximum absolute atomic E-state index is 2.36. The van der Waals surface area contributed by atoms with Crippen LogP contribution in [0.4, 0.5) is 0 Å². The zero-order chi connectivity index (χ0) is 13.3. The molecule has 1 rings (SSSR count). The van der Waals surface area contributed by atoms with E-state index < -0.39 is 0 Å². The molecule has 1 aromatic rings. The Morgan fingerprint density at radius 2 is 1.65 bits per heavy atom. The zero-order valence-corrected chi connectivity index (χ0v) is 13.1. The summed E-state index contributed by atoms with van der Waals surface area (Å²) >= 11 is 2.00. The first kappa shape index (κ1) is 14.6. The third-order valence-electron chi connectivity index (χ3n) is 3.71. The molecular formula is C16H26S. The molecule has 0 aliphatic rings. The highest BCUT2D eigenvalue weighted by atomic mass is 32.2. The molecule has 17 heavy (non-hydrogen) atoms. The summed E-state index contributed by atoms with van der Waals surface area (Å²) in [5.74, 6) is 0.653. The topological polar surface area (TPSA) is 0 Å². The molecular weight excluding hydrogens is 224 g/mol. The molecule has 0 saturated heterocycles. The van der Waals surface area contributed by atoms with Crippen molar-refractivity contribution in [3.8, 4) is 0 Å². The van der Waals surface area contributed by atoms with Crippen molar-refractivity contribution in [1.29, 1.82) is 0 Å². The molecule has 0 radical (unpaired) electrons. The molecule has 1 atom stereocenters. The standard InChI is InChI=1S/C16H26S/c1-12-9-8-10-14(11-12)17-16(6,7)13(2)15(3,4)5/h8-11,13H,1-7H3. The van der Waals surface area contributed by atoms with Gasteiger partial charge in [0, 0.05) is 9.64 Å². The van der Waals surface area contributed by atoms with Crippen molar-refractivity contribution >= 4 is 11.8 Å². The molecule has 1 aromatic carbocycles. The van der Waals surface area contributed by atoms with Gasteiger partial charge >= 0.3 is 0 Å². The third kappa shape index (κ3) is 4.06. The van der Waals surface area contributed by atoms with E-state index in [1.54, 1.807) is 0 Å². The molecule has 0 bridgehead atoms. The van der Waals surface area contributed by atoms with Crippen LogP contribution in [0, 0.1) is 18.3 Å². The van der Waals surface area contributed by atoms with Crippen LogP contribution in [0.25, 0.3) is 0 Å². The first-order valence-electron chi connectivity index (χ1n) is 6.38. The summed E-state index contributed by atoms with van der Waals surface area (Å²) in [6.07, 6.45) is 0. The smallest absolute Gasteiger partial charge is 0.0181 e. The molecule has 0 saturated carbocycles. The van der Waals surface area contributed by atoms with Crippen LogP contribution in [0.5, 0.6) is 0 Å². The van der Waals surface area contributed by atoms with Gasteiger partial charge in [-0.1, -0.05) is 59.2 Å². The highest BCUT2D eigenvalue weighted by molar-refractivity contribution is 8.00. The summed E-state index contributed by atoms with van der Waals surface area (Å²) in [6, 6.07) is 8.80. The Labute approximate surface area is 111 Å². The predicted molar refractivity (Wildman–Crippen MR) is 79.7 cm³/mol. The first-order chi connectivity index (χ1) is 7.63. The number of aryl methyl sites for hydroxylation is 1. The summed E-state index contributed by atoms with van der Waals surface area (Å²) in [6.45, 7) is 16.2. The van der Waals surface area contributed by atoms with Gasteiger partial charge in [-0.15, -0.1) is 11.8 Å². The van der Waals surface area contributed by atoms with Crippen LogP contribution in [-0.2, 0) is 0 Å². The van der Waals surface area contributed by atoms with E-state index >= 15 is 0 Å². The fraction of sp³-hybridized carbons (Fsp3) is 0.625.